The molecule has 2 aliphatic rings. The quantitative estimate of drug-likeness (QED) is 0.782. The maximum atomic E-state index is 12.8. The van der Waals surface area contributed by atoms with Gasteiger partial charge in [0.25, 0.3) is 6.43 Å². The van der Waals surface area contributed by atoms with E-state index in [1.807, 2.05) is 11.0 Å². The van der Waals surface area contributed by atoms with Crippen LogP contribution in [-0.2, 0) is 4.79 Å². The number of rotatable bonds is 5. The Hall–Kier alpha value is -1.69. The lowest BCUT2D eigenvalue weighted by molar-refractivity contribution is -0.139. The van der Waals surface area contributed by atoms with Crippen molar-refractivity contribution in [1.82, 2.24) is 9.80 Å². The molecule has 1 amide bonds. The van der Waals surface area contributed by atoms with Gasteiger partial charge in [-0.25, -0.2) is 8.78 Å². The molecule has 2 aliphatic heterocycles. The van der Waals surface area contributed by atoms with Gasteiger partial charge in [0.1, 0.15) is 11.9 Å². The standard InChI is InChI=1S/C21H30F2N2O2/c1-15-4-3-5-16(2)20(15)27-18-8-12-25(13-9-18)21(26)17-6-10-24(11-7-17)14-19(22)23/h3-5,17-19H,6-14H2,1-2H3. The van der Waals surface area contributed by atoms with Crippen molar-refractivity contribution in [2.24, 2.45) is 5.92 Å². The Labute approximate surface area is 160 Å². The molecule has 3 rings (SSSR count). The Bertz CT molecular complexity index is 617. The number of amides is 1. The second-order valence-electron chi connectivity index (χ2n) is 7.83. The van der Waals surface area contributed by atoms with Crippen LogP contribution in [0.15, 0.2) is 18.2 Å². The Morgan fingerprint density at radius 2 is 1.67 bits per heavy atom. The lowest BCUT2D eigenvalue weighted by atomic mass is 9.94. The first kappa shape index (κ1) is 20.1. The highest BCUT2D eigenvalue weighted by Gasteiger charge is 2.32. The molecular formula is C21H30F2N2O2. The van der Waals surface area contributed by atoms with E-state index < -0.39 is 6.43 Å². The fourth-order valence-corrected chi connectivity index (χ4v) is 4.16. The van der Waals surface area contributed by atoms with Crippen LogP contribution in [0, 0.1) is 19.8 Å². The number of ether oxygens (including phenoxy) is 1. The highest BCUT2D eigenvalue weighted by Crippen LogP contribution is 2.27. The molecule has 0 atom stereocenters. The highest BCUT2D eigenvalue weighted by molar-refractivity contribution is 5.79. The molecule has 6 heteroatoms. The minimum Gasteiger partial charge on any atom is -0.490 e. The summed E-state index contributed by atoms with van der Waals surface area (Å²) in [5.41, 5.74) is 2.29. The summed E-state index contributed by atoms with van der Waals surface area (Å²) < 4.78 is 31.2. The number of nitrogens with zero attached hydrogens (tertiary/aromatic N) is 2. The Morgan fingerprint density at radius 3 is 2.22 bits per heavy atom. The third-order valence-corrected chi connectivity index (χ3v) is 5.78. The lowest BCUT2D eigenvalue weighted by Crippen LogP contribution is -2.47. The first-order valence-corrected chi connectivity index (χ1v) is 9.96. The van der Waals surface area contributed by atoms with E-state index in [2.05, 4.69) is 26.0 Å². The molecule has 1 aromatic carbocycles. The van der Waals surface area contributed by atoms with Crippen molar-refractivity contribution < 1.29 is 18.3 Å². The summed E-state index contributed by atoms with van der Waals surface area (Å²) in [7, 11) is 0. The highest BCUT2D eigenvalue weighted by atomic mass is 19.3. The molecule has 0 aromatic heterocycles. The van der Waals surface area contributed by atoms with E-state index in [1.54, 1.807) is 4.90 Å². The molecule has 0 saturated carbocycles. The summed E-state index contributed by atoms with van der Waals surface area (Å²) >= 11 is 0. The van der Waals surface area contributed by atoms with Gasteiger partial charge < -0.3 is 9.64 Å². The van der Waals surface area contributed by atoms with Crippen molar-refractivity contribution in [2.75, 3.05) is 32.7 Å². The molecule has 150 valence electrons. The maximum Gasteiger partial charge on any atom is 0.251 e. The average molecular weight is 380 g/mol. The van der Waals surface area contributed by atoms with Crippen LogP contribution in [0.2, 0.25) is 0 Å². The molecule has 2 saturated heterocycles. The van der Waals surface area contributed by atoms with Crippen molar-refractivity contribution in [3.8, 4) is 5.75 Å². The first-order chi connectivity index (χ1) is 12.9. The maximum absolute atomic E-state index is 12.8. The minimum atomic E-state index is -2.30. The van der Waals surface area contributed by atoms with E-state index >= 15 is 0 Å². The van der Waals surface area contributed by atoms with E-state index in [0.717, 1.165) is 29.7 Å². The van der Waals surface area contributed by atoms with E-state index in [9.17, 15) is 13.6 Å². The number of carbonyl (C=O) groups excluding carboxylic acids is 1. The largest absolute Gasteiger partial charge is 0.490 e. The molecule has 27 heavy (non-hydrogen) atoms. The molecule has 2 fully saturated rings. The predicted molar refractivity (Wildman–Crippen MR) is 101 cm³/mol. The van der Waals surface area contributed by atoms with Gasteiger partial charge in [0, 0.05) is 31.8 Å². The van der Waals surface area contributed by atoms with Gasteiger partial charge in [-0.05, 0) is 50.9 Å². The fraction of sp³-hybridized carbons (Fsp3) is 0.667. The second-order valence-corrected chi connectivity index (χ2v) is 7.83. The van der Waals surface area contributed by atoms with E-state index in [1.165, 1.54) is 0 Å². The number of likely N-dealkylation sites (tertiary alicyclic amines) is 2. The zero-order valence-electron chi connectivity index (χ0n) is 16.3. The SMILES string of the molecule is Cc1cccc(C)c1OC1CCN(C(=O)C2CCN(CC(F)F)CC2)CC1. The molecule has 4 nitrogen and oxygen atoms in total. The third-order valence-electron chi connectivity index (χ3n) is 5.78. The van der Waals surface area contributed by atoms with E-state index in [-0.39, 0.29) is 24.5 Å². The van der Waals surface area contributed by atoms with Gasteiger partial charge in [-0.2, -0.15) is 0 Å². The monoisotopic (exact) mass is 380 g/mol. The number of halogens is 2. The van der Waals surface area contributed by atoms with Crippen LogP contribution in [0.5, 0.6) is 5.75 Å². The summed E-state index contributed by atoms with van der Waals surface area (Å²) in [6, 6.07) is 6.15. The van der Waals surface area contributed by atoms with Gasteiger partial charge in [-0.1, -0.05) is 18.2 Å². The van der Waals surface area contributed by atoms with Gasteiger partial charge in [0.05, 0.1) is 6.54 Å². The summed E-state index contributed by atoms with van der Waals surface area (Å²) in [5, 5.41) is 0. The van der Waals surface area contributed by atoms with Gasteiger partial charge in [-0.15, -0.1) is 0 Å². The van der Waals surface area contributed by atoms with Crippen molar-refractivity contribution >= 4 is 5.91 Å². The number of carbonyl (C=O) groups is 1. The fourth-order valence-electron chi connectivity index (χ4n) is 4.16. The number of benzene rings is 1. The van der Waals surface area contributed by atoms with Crippen molar-refractivity contribution in [1.29, 1.82) is 0 Å². The molecule has 0 N–H and O–H groups in total. The zero-order chi connectivity index (χ0) is 19.4. The Balaban J connectivity index is 1.46. The van der Waals surface area contributed by atoms with Crippen LogP contribution in [-0.4, -0.2) is 61.0 Å². The van der Waals surface area contributed by atoms with Crippen LogP contribution < -0.4 is 4.74 Å². The number of hydrogen-bond acceptors (Lipinski definition) is 3. The van der Waals surface area contributed by atoms with Gasteiger partial charge in [-0.3, -0.25) is 9.69 Å². The number of piperidine rings is 2. The predicted octanol–water partition coefficient (Wildman–Crippen LogP) is 3.65. The summed E-state index contributed by atoms with van der Waals surface area (Å²) in [4.78, 5) is 16.5. The van der Waals surface area contributed by atoms with E-state index in [4.69, 9.17) is 4.74 Å². The number of hydrogen-bond donors (Lipinski definition) is 0. The topological polar surface area (TPSA) is 32.8 Å². The second kappa shape index (κ2) is 9.00. The third kappa shape index (κ3) is 5.18. The Morgan fingerprint density at radius 1 is 1.07 bits per heavy atom. The lowest BCUT2D eigenvalue weighted by Gasteiger charge is -2.37. The Kier molecular flexibility index (Phi) is 6.68. The van der Waals surface area contributed by atoms with Crippen LogP contribution in [0.1, 0.15) is 36.8 Å². The molecular weight excluding hydrogens is 350 g/mol. The van der Waals surface area contributed by atoms with Gasteiger partial charge in [0.2, 0.25) is 5.91 Å². The molecule has 0 radical (unpaired) electrons. The summed E-state index contributed by atoms with van der Waals surface area (Å²) in [6.07, 6.45) is 0.886. The van der Waals surface area contributed by atoms with Crippen molar-refractivity contribution in [3.63, 3.8) is 0 Å². The molecule has 1 aromatic rings. The van der Waals surface area contributed by atoms with Crippen molar-refractivity contribution in [2.45, 2.75) is 52.1 Å². The molecule has 0 bridgehead atoms. The normalized spacial score (nSPS) is 20.3. The molecule has 2 heterocycles. The first-order valence-electron chi connectivity index (χ1n) is 9.96. The van der Waals surface area contributed by atoms with Crippen LogP contribution >= 0.6 is 0 Å². The van der Waals surface area contributed by atoms with Crippen LogP contribution in [0.4, 0.5) is 8.78 Å². The molecule has 0 spiro atoms. The smallest absolute Gasteiger partial charge is 0.251 e. The zero-order valence-corrected chi connectivity index (χ0v) is 16.3. The number of aryl methyl sites for hydroxylation is 2. The minimum absolute atomic E-state index is 0.0185. The van der Waals surface area contributed by atoms with Gasteiger partial charge >= 0.3 is 0 Å². The van der Waals surface area contributed by atoms with Crippen molar-refractivity contribution in [3.05, 3.63) is 29.3 Å². The number of para-hydroxylation sites is 1. The van der Waals surface area contributed by atoms with Gasteiger partial charge in [0.15, 0.2) is 0 Å². The van der Waals surface area contributed by atoms with E-state index in [0.29, 0.717) is 39.0 Å². The summed E-state index contributed by atoms with van der Waals surface area (Å²) in [5.74, 6) is 1.14. The number of alkyl halides is 2. The average Bonchev–Trinajstić information content (AvgIpc) is 2.65. The molecule has 0 aliphatic carbocycles. The van der Waals surface area contributed by atoms with Crippen LogP contribution in [0.3, 0.4) is 0 Å². The molecule has 0 unspecified atom stereocenters. The van der Waals surface area contributed by atoms with Crippen LogP contribution in [0.25, 0.3) is 0 Å². The summed E-state index contributed by atoms with van der Waals surface area (Å²) in [6.45, 7) is 6.54.